The highest BCUT2D eigenvalue weighted by Crippen LogP contribution is 2.28. The van der Waals surface area contributed by atoms with E-state index in [2.05, 4.69) is 24.8 Å². The van der Waals surface area contributed by atoms with Crippen LogP contribution in [0.25, 0.3) is 0 Å². The lowest BCUT2D eigenvalue weighted by Crippen LogP contribution is -2.38. The van der Waals surface area contributed by atoms with Crippen molar-refractivity contribution >= 4 is 0 Å². The Bertz CT molecular complexity index is 409. The molecule has 0 aliphatic carbocycles. The van der Waals surface area contributed by atoms with Gasteiger partial charge in [0, 0.05) is 31.3 Å². The molecule has 1 aromatic carbocycles. The summed E-state index contributed by atoms with van der Waals surface area (Å²) in [6.07, 6.45) is 1.34. The molecule has 2 atom stereocenters. The molecule has 2 unspecified atom stereocenters. The standard InChI is InChI=1S/C16H25NO2/c1-12-7-13(2)10-17(9-12)11-14-5-6-15(18-3)8-16(14)19-4/h5-6,8,12-13H,7,9-11H2,1-4H3. The van der Waals surface area contributed by atoms with Gasteiger partial charge < -0.3 is 9.47 Å². The van der Waals surface area contributed by atoms with Crippen LogP contribution in [0.5, 0.6) is 11.5 Å². The Morgan fingerprint density at radius 1 is 1.11 bits per heavy atom. The second-order valence-corrected chi connectivity index (χ2v) is 5.82. The lowest BCUT2D eigenvalue weighted by Gasteiger charge is -2.35. The molecule has 3 heteroatoms. The number of hydrogen-bond acceptors (Lipinski definition) is 3. The van der Waals surface area contributed by atoms with Crippen LogP contribution in [-0.4, -0.2) is 32.2 Å². The van der Waals surface area contributed by atoms with Crippen LogP contribution in [0, 0.1) is 11.8 Å². The summed E-state index contributed by atoms with van der Waals surface area (Å²) in [4.78, 5) is 2.53. The summed E-state index contributed by atoms with van der Waals surface area (Å²) >= 11 is 0. The minimum absolute atomic E-state index is 0.785. The van der Waals surface area contributed by atoms with Gasteiger partial charge in [-0.3, -0.25) is 4.90 Å². The largest absolute Gasteiger partial charge is 0.497 e. The first-order valence-corrected chi connectivity index (χ1v) is 7.05. The maximum Gasteiger partial charge on any atom is 0.127 e. The zero-order valence-corrected chi connectivity index (χ0v) is 12.5. The number of piperidine rings is 1. The second kappa shape index (κ2) is 6.29. The van der Waals surface area contributed by atoms with Crippen LogP contribution < -0.4 is 9.47 Å². The first kappa shape index (κ1) is 14.2. The van der Waals surface area contributed by atoms with Crippen molar-refractivity contribution in [2.24, 2.45) is 11.8 Å². The Balaban J connectivity index is 2.09. The van der Waals surface area contributed by atoms with Crippen molar-refractivity contribution in [3.8, 4) is 11.5 Å². The van der Waals surface area contributed by atoms with E-state index in [1.165, 1.54) is 25.1 Å². The van der Waals surface area contributed by atoms with Gasteiger partial charge in [-0.15, -0.1) is 0 Å². The molecular weight excluding hydrogens is 238 g/mol. The van der Waals surface area contributed by atoms with E-state index >= 15 is 0 Å². The number of ether oxygens (including phenoxy) is 2. The van der Waals surface area contributed by atoms with Gasteiger partial charge >= 0.3 is 0 Å². The van der Waals surface area contributed by atoms with E-state index in [4.69, 9.17) is 9.47 Å². The maximum absolute atomic E-state index is 5.48. The fourth-order valence-electron chi connectivity index (χ4n) is 3.14. The molecule has 0 saturated carbocycles. The highest BCUT2D eigenvalue weighted by Gasteiger charge is 2.22. The van der Waals surface area contributed by atoms with Crippen molar-refractivity contribution in [3.05, 3.63) is 23.8 Å². The third-order valence-electron chi connectivity index (χ3n) is 3.83. The van der Waals surface area contributed by atoms with E-state index < -0.39 is 0 Å². The van der Waals surface area contributed by atoms with Crippen LogP contribution in [0.15, 0.2) is 18.2 Å². The predicted molar refractivity (Wildman–Crippen MR) is 77.8 cm³/mol. The summed E-state index contributed by atoms with van der Waals surface area (Å²) in [5, 5.41) is 0. The van der Waals surface area contributed by atoms with E-state index in [-0.39, 0.29) is 0 Å². The van der Waals surface area contributed by atoms with E-state index in [1.807, 2.05) is 12.1 Å². The molecular formula is C16H25NO2. The number of hydrogen-bond donors (Lipinski definition) is 0. The van der Waals surface area contributed by atoms with Crippen LogP contribution in [0.3, 0.4) is 0 Å². The van der Waals surface area contributed by atoms with E-state index in [0.29, 0.717) is 0 Å². The molecule has 1 heterocycles. The molecule has 1 aliphatic rings. The molecule has 1 saturated heterocycles. The minimum Gasteiger partial charge on any atom is -0.497 e. The Hall–Kier alpha value is -1.22. The first-order valence-electron chi connectivity index (χ1n) is 7.05. The lowest BCUT2D eigenvalue weighted by molar-refractivity contribution is 0.133. The Kier molecular flexibility index (Phi) is 4.70. The molecule has 0 N–H and O–H groups in total. The molecule has 1 aliphatic heterocycles. The fourth-order valence-corrected chi connectivity index (χ4v) is 3.14. The molecule has 1 aromatic rings. The van der Waals surface area contributed by atoms with Gasteiger partial charge in [0.25, 0.3) is 0 Å². The zero-order valence-electron chi connectivity index (χ0n) is 12.5. The van der Waals surface area contributed by atoms with Crippen molar-refractivity contribution < 1.29 is 9.47 Å². The normalized spacial score (nSPS) is 24.2. The quantitative estimate of drug-likeness (QED) is 0.833. The third-order valence-corrected chi connectivity index (χ3v) is 3.83. The molecule has 19 heavy (non-hydrogen) atoms. The van der Waals surface area contributed by atoms with E-state index in [1.54, 1.807) is 14.2 Å². The molecule has 0 spiro atoms. The molecule has 0 bridgehead atoms. The van der Waals surface area contributed by atoms with Crippen LogP contribution in [0.2, 0.25) is 0 Å². The molecule has 0 radical (unpaired) electrons. The number of likely N-dealkylation sites (tertiary alicyclic amines) is 1. The molecule has 3 nitrogen and oxygen atoms in total. The van der Waals surface area contributed by atoms with E-state index in [0.717, 1.165) is 29.9 Å². The highest BCUT2D eigenvalue weighted by atomic mass is 16.5. The topological polar surface area (TPSA) is 21.7 Å². The van der Waals surface area contributed by atoms with Crippen LogP contribution in [0.4, 0.5) is 0 Å². The smallest absolute Gasteiger partial charge is 0.127 e. The lowest BCUT2D eigenvalue weighted by atomic mass is 9.91. The van der Waals surface area contributed by atoms with Gasteiger partial charge in [0.15, 0.2) is 0 Å². The molecule has 106 valence electrons. The van der Waals surface area contributed by atoms with E-state index in [9.17, 15) is 0 Å². The number of nitrogens with zero attached hydrogens (tertiary/aromatic N) is 1. The third kappa shape index (κ3) is 3.63. The van der Waals surface area contributed by atoms with Gasteiger partial charge in [0.2, 0.25) is 0 Å². The molecule has 1 fully saturated rings. The monoisotopic (exact) mass is 263 g/mol. The maximum atomic E-state index is 5.48. The average molecular weight is 263 g/mol. The van der Waals surface area contributed by atoms with Crippen molar-refractivity contribution in [1.29, 1.82) is 0 Å². The van der Waals surface area contributed by atoms with Crippen LogP contribution in [0.1, 0.15) is 25.8 Å². The molecule has 2 rings (SSSR count). The van der Waals surface area contributed by atoms with Gasteiger partial charge in [-0.05, 0) is 24.3 Å². The average Bonchev–Trinajstić information content (AvgIpc) is 2.38. The van der Waals surface area contributed by atoms with Crippen molar-refractivity contribution in [2.75, 3.05) is 27.3 Å². The molecule has 0 aromatic heterocycles. The highest BCUT2D eigenvalue weighted by molar-refractivity contribution is 5.40. The Morgan fingerprint density at radius 2 is 1.79 bits per heavy atom. The van der Waals surface area contributed by atoms with Gasteiger partial charge in [-0.1, -0.05) is 19.9 Å². The molecule has 0 amide bonds. The summed E-state index contributed by atoms with van der Waals surface area (Å²) in [6.45, 7) is 8.00. The number of benzene rings is 1. The van der Waals surface area contributed by atoms with Gasteiger partial charge in [0.1, 0.15) is 11.5 Å². The summed E-state index contributed by atoms with van der Waals surface area (Å²) in [7, 11) is 3.40. The van der Waals surface area contributed by atoms with Crippen molar-refractivity contribution in [3.63, 3.8) is 0 Å². The zero-order chi connectivity index (χ0) is 13.8. The van der Waals surface area contributed by atoms with Crippen LogP contribution >= 0.6 is 0 Å². The number of rotatable bonds is 4. The SMILES string of the molecule is COc1ccc(CN2CC(C)CC(C)C2)c(OC)c1. The summed E-state index contributed by atoms with van der Waals surface area (Å²) in [5.74, 6) is 3.34. The number of methoxy groups -OCH3 is 2. The summed E-state index contributed by atoms with van der Waals surface area (Å²) in [6, 6.07) is 6.09. The second-order valence-electron chi connectivity index (χ2n) is 5.82. The van der Waals surface area contributed by atoms with Crippen molar-refractivity contribution in [2.45, 2.75) is 26.8 Å². The fraction of sp³-hybridized carbons (Fsp3) is 0.625. The first-order chi connectivity index (χ1) is 9.12. The minimum atomic E-state index is 0.785. The van der Waals surface area contributed by atoms with Gasteiger partial charge in [0.05, 0.1) is 14.2 Å². The van der Waals surface area contributed by atoms with Gasteiger partial charge in [-0.2, -0.15) is 0 Å². The van der Waals surface area contributed by atoms with Crippen molar-refractivity contribution in [1.82, 2.24) is 4.90 Å². The Labute approximate surface area is 116 Å². The van der Waals surface area contributed by atoms with Gasteiger partial charge in [-0.25, -0.2) is 0 Å². The summed E-state index contributed by atoms with van der Waals surface area (Å²) in [5.41, 5.74) is 1.24. The Morgan fingerprint density at radius 3 is 2.37 bits per heavy atom. The predicted octanol–water partition coefficient (Wildman–Crippen LogP) is 3.18. The van der Waals surface area contributed by atoms with Crippen LogP contribution in [-0.2, 0) is 6.54 Å². The summed E-state index contributed by atoms with van der Waals surface area (Å²) < 4.78 is 10.7.